The molecule has 2 heterocycles. The van der Waals surface area contributed by atoms with E-state index in [4.69, 9.17) is 4.55 Å². The quantitative estimate of drug-likeness (QED) is 0.640. The molecule has 2 aromatic heterocycles. The fourth-order valence-electron chi connectivity index (χ4n) is 1.06. The summed E-state index contributed by atoms with van der Waals surface area (Å²) in [7, 11) is -4.29. The van der Waals surface area contributed by atoms with Gasteiger partial charge in [0.25, 0.3) is 0 Å². The predicted octanol–water partition coefficient (Wildman–Crippen LogP) is 0.205. The van der Waals surface area contributed by atoms with Crippen LogP contribution < -0.4 is 0 Å². The predicted molar refractivity (Wildman–Crippen MR) is 43.7 cm³/mol. The van der Waals surface area contributed by atoms with Crippen LogP contribution in [0.1, 0.15) is 0 Å². The van der Waals surface area contributed by atoms with Crippen LogP contribution >= 0.6 is 0 Å². The molecule has 0 radical (unpaired) electrons. The van der Waals surface area contributed by atoms with Crippen LogP contribution in [0.3, 0.4) is 0 Å². The minimum Gasteiger partial charge on any atom is -0.360 e. The van der Waals surface area contributed by atoms with Crippen molar-refractivity contribution in [1.29, 1.82) is 0 Å². The number of H-pyrrole nitrogens is 1. The first-order chi connectivity index (χ1) is 6.09. The van der Waals surface area contributed by atoms with E-state index in [0.717, 1.165) is 0 Å². The molecule has 0 bridgehead atoms. The second-order valence-electron chi connectivity index (χ2n) is 2.43. The van der Waals surface area contributed by atoms with Gasteiger partial charge in [-0.1, -0.05) is 0 Å². The highest BCUT2D eigenvalue weighted by atomic mass is 32.2. The van der Waals surface area contributed by atoms with Gasteiger partial charge < -0.3 is 4.98 Å². The second kappa shape index (κ2) is 2.51. The Morgan fingerprint density at radius 1 is 1.46 bits per heavy atom. The van der Waals surface area contributed by atoms with Crippen LogP contribution in [0.25, 0.3) is 10.9 Å². The van der Waals surface area contributed by atoms with Gasteiger partial charge in [0.2, 0.25) is 5.03 Å². The molecule has 0 unspecified atom stereocenters. The Hall–Kier alpha value is -1.47. The van der Waals surface area contributed by atoms with Crippen LogP contribution in [0.5, 0.6) is 0 Å². The van der Waals surface area contributed by atoms with Crippen molar-refractivity contribution in [2.45, 2.75) is 5.03 Å². The lowest BCUT2D eigenvalue weighted by molar-refractivity contribution is 0.479. The third kappa shape index (κ3) is 1.27. The van der Waals surface area contributed by atoms with E-state index < -0.39 is 15.1 Å². The van der Waals surface area contributed by atoms with Crippen molar-refractivity contribution in [3.63, 3.8) is 0 Å². The van der Waals surface area contributed by atoms with Gasteiger partial charge in [-0.05, 0) is 6.07 Å². The highest BCUT2D eigenvalue weighted by Gasteiger charge is 2.16. The van der Waals surface area contributed by atoms with Gasteiger partial charge in [0.1, 0.15) is 0 Å². The van der Waals surface area contributed by atoms with Gasteiger partial charge in [0.05, 0.1) is 11.7 Å². The van der Waals surface area contributed by atoms with Crippen molar-refractivity contribution < 1.29 is 13.0 Å². The molecule has 0 saturated carbocycles. The largest absolute Gasteiger partial charge is 0.360 e. The van der Waals surface area contributed by atoms with Crippen molar-refractivity contribution in [2.75, 3.05) is 0 Å². The first-order valence-corrected chi connectivity index (χ1v) is 4.79. The molecule has 0 spiro atoms. The van der Waals surface area contributed by atoms with Crippen molar-refractivity contribution in [2.24, 2.45) is 0 Å². The Bertz CT molecular complexity index is 545. The summed E-state index contributed by atoms with van der Waals surface area (Å²) in [5.41, 5.74) is 0.516. The summed E-state index contributed by atoms with van der Waals surface area (Å²) in [6.07, 6.45) is 2.92. The number of rotatable bonds is 1. The molecule has 13 heavy (non-hydrogen) atoms. The standard InChI is InChI=1S/C6H5N3O3S/c10-13(11,12)6-4-1-2-7-5(4)3-8-9-6/h1-3,7H,(H,10,11,12). The van der Waals surface area contributed by atoms with Crippen LogP contribution in [0.4, 0.5) is 0 Å². The van der Waals surface area contributed by atoms with Gasteiger partial charge in [-0.2, -0.15) is 13.5 Å². The lowest BCUT2D eigenvalue weighted by Gasteiger charge is -1.95. The van der Waals surface area contributed by atoms with Gasteiger partial charge in [-0.3, -0.25) is 4.55 Å². The van der Waals surface area contributed by atoms with Crippen molar-refractivity contribution in [3.05, 3.63) is 18.5 Å². The normalized spacial score (nSPS) is 12.1. The summed E-state index contributed by atoms with van der Waals surface area (Å²) in [6, 6.07) is 1.51. The van der Waals surface area contributed by atoms with E-state index in [-0.39, 0.29) is 0 Å². The highest BCUT2D eigenvalue weighted by molar-refractivity contribution is 7.86. The van der Waals surface area contributed by atoms with Gasteiger partial charge in [0.15, 0.2) is 0 Å². The summed E-state index contributed by atoms with van der Waals surface area (Å²) < 4.78 is 30.3. The molecule has 2 aromatic rings. The summed E-state index contributed by atoms with van der Waals surface area (Å²) in [6.45, 7) is 0. The van der Waals surface area contributed by atoms with E-state index in [0.29, 0.717) is 10.9 Å². The zero-order valence-corrected chi connectivity index (χ0v) is 7.11. The third-order valence-electron chi connectivity index (χ3n) is 1.59. The van der Waals surface area contributed by atoms with Crippen LogP contribution in [0.2, 0.25) is 0 Å². The number of fused-ring (bicyclic) bond motifs is 1. The molecule has 0 amide bonds. The first kappa shape index (κ1) is 8.14. The Labute approximate surface area is 73.4 Å². The van der Waals surface area contributed by atoms with Crippen molar-refractivity contribution in [3.8, 4) is 0 Å². The van der Waals surface area contributed by atoms with Crippen LogP contribution in [-0.4, -0.2) is 28.2 Å². The van der Waals surface area contributed by atoms with Gasteiger partial charge in [-0.25, -0.2) is 0 Å². The molecule has 7 heteroatoms. The molecular formula is C6H5N3O3S. The second-order valence-corrected chi connectivity index (χ2v) is 3.77. The smallest absolute Gasteiger partial charge is 0.314 e. The molecule has 0 aliphatic carbocycles. The van der Waals surface area contributed by atoms with Crippen LogP contribution in [0, 0.1) is 0 Å². The van der Waals surface area contributed by atoms with Crippen molar-refractivity contribution >= 4 is 21.0 Å². The van der Waals surface area contributed by atoms with E-state index in [9.17, 15) is 8.42 Å². The Balaban J connectivity index is 2.91. The molecule has 6 nitrogen and oxygen atoms in total. The van der Waals surface area contributed by atoms with Gasteiger partial charge in [-0.15, -0.1) is 5.10 Å². The van der Waals surface area contributed by atoms with Gasteiger partial charge in [0, 0.05) is 11.6 Å². The van der Waals surface area contributed by atoms with E-state index in [2.05, 4.69) is 15.2 Å². The maximum atomic E-state index is 10.8. The summed E-state index contributed by atoms with van der Waals surface area (Å²) >= 11 is 0. The molecule has 0 aliphatic rings. The van der Waals surface area contributed by atoms with E-state index >= 15 is 0 Å². The molecule has 0 aliphatic heterocycles. The molecule has 2 N–H and O–H groups in total. The number of nitrogens with one attached hydrogen (secondary N) is 1. The van der Waals surface area contributed by atoms with Crippen LogP contribution in [0.15, 0.2) is 23.5 Å². The number of hydrogen-bond donors (Lipinski definition) is 2. The lowest BCUT2D eigenvalue weighted by Crippen LogP contribution is -2.02. The molecule has 68 valence electrons. The average molecular weight is 199 g/mol. The molecule has 0 fully saturated rings. The number of aromatic amines is 1. The maximum absolute atomic E-state index is 10.8. The summed E-state index contributed by atoms with van der Waals surface area (Å²) in [5, 5.41) is 6.68. The zero-order valence-electron chi connectivity index (χ0n) is 6.30. The fraction of sp³-hybridized carbons (Fsp3) is 0. The molecule has 2 rings (SSSR count). The number of nitrogens with zero attached hydrogens (tertiary/aromatic N) is 2. The molecule has 0 atom stereocenters. The summed E-state index contributed by atoms with van der Waals surface area (Å²) in [4.78, 5) is 2.75. The van der Waals surface area contributed by atoms with E-state index in [1.165, 1.54) is 12.3 Å². The third-order valence-corrected chi connectivity index (χ3v) is 2.38. The van der Waals surface area contributed by atoms with Crippen LogP contribution in [-0.2, 0) is 10.1 Å². The molecule has 0 aromatic carbocycles. The van der Waals surface area contributed by atoms with Crippen molar-refractivity contribution in [1.82, 2.24) is 15.2 Å². The van der Waals surface area contributed by atoms with E-state index in [1.807, 2.05) is 0 Å². The summed E-state index contributed by atoms with van der Waals surface area (Å²) in [5.74, 6) is 0. The number of aromatic nitrogens is 3. The average Bonchev–Trinajstić information content (AvgIpc) is 2.48. The van der Waals surface area contributed by atoms with Gasteiger partial charge >= 0.3 is 10.1 Å². The minimum atomic E-state index is -4.29. The Morgan fingerprint density at radius 2 is 2.23 bits per heavy atom. The minimum absolute atomic E-state index is 0.331. The molecule has 0 saturated heterocycles. The molecular weight excluding hydrogens is 194 g/mol. The Morgan fingerprint density at radius 3 is 2.92 bits per heavy atom. The Kier molecular flexibility index (Phi) is 1.57. The fourth-order valence-corrected chi connectivity index (χ4v) is 1.67. The van der Waals surface area contributed by atoms with E-state index in [1.54, 1.807) is 6.20 Å². The SMILES string of the molecule is O=S(=O)(O)c1nncc2[nH]ccc12. The maximum Gasteiger partial charge on any atom is 0.314 e. The topological polar surface area (TPSA) is 95.9 Å². The lowest BCUT2D eigenvalue weighted by atomic mass is 10.4. The monoisotopic (exact) mass is 199 g/mol. The zero-order chi connectivity index (χ0) is 9.47. The number of hydrogen-bond acceptors (Lipinski definition) is 4. The highest BCUT2D eigenvalue weighted by Crippen LogP contribution is 2.17. The first-order valence-electron chi connectivity index (χ1n) is 3.35.